The summed E-state index contributed by atoms with van der Waals surface area (Å²) in [6.45, 7) is 7.64. The number of rotatable bonds is 12. The standard InChI is InChI=1S/C28H35ClO5/c1-20(2)34-27(32)19-33-16-6-5-11-22-14-15-25(30)24(22)18-28(3,4)26(31)13-8-10-21-9-7-12-23(29)17-21/h5-10,12,14-15,17-18,20,22,26,31H,11,13,16,19H2,1-4H3/b6-5-,10-8-,24-18+. The SMILES string of the molecule is CC(C)OC(=O)COC/C=C\CC1C=CC(=O)/C1=C/C(C)(C)C(O)C/C=C\c1cccc(Cl)c1. The Bertz CT molecular complexity index is 955. The zero-order chi connectivity index (χ0) is 25.1. The third-order valence-corrected chi connectivity index (χ3v) is 5.66. The highest BCUT2D eigenvalue weighted by Crippen LogP contribution is 2.33. The van der Waals surface area contributed by atoms with E-state index in [9.17, 15) is 14.7 Å². The Hall–Kier alpha value is -2.47. The molecule has 1 aliphatic carbocycles. The summed E-state index contributed by atoms with van der Waals surface area (Å²) < 4.78 is 10.3. The molecule has 0 saturated heterocycles. The number of aliphatic hydroxyl groups is 1. The summed E-state index contributed by atoms with van der Waals surface area (Å²) in [4.78, 5) is 23.9. The molecule has 0 spiro atoms. The molecule has 34 heavy (non-hydrogen) atoms. The van der Waals surface area contributed by atoms with Crippen molar-refractivity contribution in [3.05, 3.63) is 76.9 Å². The van der Waals surface area contributed by atoms with Crippen LogP contribution in [0.25, 0.3) is 6.08 Å². The van der Waals surface area contributed by atoms with Crippen LogP contribution in [0.1, 0.15) is 46.1 Å². The molecule has 5 nitrogen and oxygen atoms in total. The van der Waals surface area contributed by atoms with E-state index in [1.807, 2.05) is 74.6 Å². The van der Waals surface area contributed by atoms with Crippen molar-refractivity contribution in [3.63, 3.8) is 0 Å². The van der Waals surface area contributed by atoms with E-state index < -0.39 is 11.5 Å². The fourth-order valence-electron chi connectivity index (χ4n) is 3.53. The Morgan fingerprint density at radius 3 is 2.71 bits per heavy atom. The van der Waals surface area contributed by atoms with Crippen LogP contribution in [0.5, 0.6) is 0 Å². The summed E-state index contributed by atoms with van der Waals surface area (Å²) >= 11 is 6.01. The molecule has 0 fully saturated rings. The molecule has 0 saturated carbocycles. The van der Waals surface area contributed by atoms with Crippen molar-refractivity contribution in [2.24, 2.45) is 11.3 Å². The van der Waals surface area contributed by atoms with Gasteiger partial charge in [0, 0.05) is 21.9 Å². The van der Waals surface area contributed by atoms with Gasteiger partial charge in [0.2, 0.25) is 0 Å². The van der Waals surface area contributed by atoms with E-state index >= 15 is 0 Å². The number of ketones is 1. The third kappa shape index (κ3) is 9.41. The minimum Gasteiger partial charge on any atom is -0.461 e. The maximum Gasteiger partial charge on any atom is 0.332 e. The first-order chi connectivity index (χ1) is 16.1. The normalized spacial score (nSPS) is 18.6. The van der Waals surface area contributed by atoms with E-state index in [0.717, 1.165) is 5.56 Å². The topological polar surface area (TPSA) is 72.8 Å². The van der Waals surface area contributed by atoms with Crippen LogP contribution in [0.4, 0.5) is 0 Å². The Morgan fingerprint density at radius 2 is 2.00 bits per heavy atom. The number of ether oxygens (including phenoxy) is 2. The molecule has 0 bridgehead atoms. The van der Waals surface area contributed by atoms with Crippen LogP contribution in [0.3, 0.4) is 0 Å². The van der Waals surface area contributed by atoms with Gasteiger partial charge in [-0.2, -0.15) is 0 Å². The van der Waals surface area contributed by atoms with Crippen molar-refractivity contribution in [1.82, 2.24) is 0 Å². The summed E-state index contributed by atoms with van der Waals surface area (Å²) in [5, 5.41) is 11.5. The van der Waals surface area contributed by atoms with Crippen LogP contribution in [-0.2, 0) is 19.1 Å². The monoisotopic (exact) mass is 486 g/mol. The molecule has 0 heterocycles. The number of aliphatic hydroxyl groups excluding tert-OH is 1. The summed E-state index contributed by atoms with van der Waals surface area (Å²) in [5.74, 6) is -0.467. The van der Waals surface area contributed by atoms with Gasteiger partial charge in [-0.25, -0.2) is 4.79 Å². The van der Waals surface area contributed by atoms with Gasteiger partial charge in [-0.15, -0.1) is 0 Å². The molecule has 0 radical (unpaired) electrons. The first kappa shape index (κ1) is 27.8. The van der Waals surface area contributed by atoms with Gasteiger partial charge in [0.05, 0.1) is 18.8 Å². The fourth-order valence-corrected chi connectivity index (χ4v) is 3.73. The molecular weight excluding hydrogens is 452 g/mol. The minimum absolute atomic E-state index is 0.0270. The number of carbonyl (C=O) groups excluding carboxylic acids is 2. The van der Waals surface area contributed by atoms with Gasteiger partial charge in [-0.1, -0.05) is 74.0 Å². The quantitative estimate of drug-likeness (QED) is 0.177. The van der Waals surface area contributed by atoms with Gasteiger partial charge in [0.15, 0.2) is 5.78 Å². The molecule has 184 valence electrons. The van der Waals surface area contributed by atoms with E-state index in [4.69, 9.17) is 21.1 Å². The van der Waals surface area contributed by atoms with Crippen molar-refractivity contribution in [2.75, 3.05) is 13.2 Å². The van der Waals surface area contributed by atoms with Crippen molar-refractivity contribution >= 4 is 29.4 Å². The van der Waals surface area contributed by atoms with Gasteiger partial charge in [0.25, 0.3) is 0 Å². The lowest BCUT2D eigenvalue weighted by molar-refractivity contribution is -0.152. The molecule has 0 amide bonds. The summed E-state index contributed by atoms with van der Waals surface area (Å²) in [7, 11) is 0. The predicted octanol–water partition coefficient (Wildman–Crippen LogP) is 5.73. The Balaban J connectivity index is 1.89. The molecule has 1 aromatic rings. The largest absolute Gasteiger partial charge is 0.461 e. The molecule has 0 aromatic heterocycles. The highest BCUT2D eigenvalue weighted by atomic mass is 35.5. The van der Waals surface area contributed by atoms with Crippen LogP contribution in [-0.4, -0.2) is 42.3 Å². The lowest BCUT2D eigenvalue weighted by Crippen LogP contribution is -2.28. The van der Waals surface area contributed by atoms with E-state index in [2.05, 4.69) is 0 Å². The fraction of sp³-hybridized carbons (Fsp3) is 0.429. The zero-order valence-corrected chi connectivity index (χ0v) is 21.1. The number of halogens is 1. The van der Waals surface area contributed by atoms with E-state index in [1.54, 1.807) is 19.9 Å². The van der Waals surface area contributed by atoms with Crippen LogP contribution >= 0.6 is 11.6 Å². The van der Waals surface area contributed by atoms with Gasteiger partial charge >= 0.3 is 5.97 Å². The zero-order valence-electron chi connectivity index (χ0n) is 20.4. The number of allylic oxidation sites excluding steroid dienone is 4. The first-order valence-corrected chi connectivity index (χ1v) is 11.9. The lowest BCUT2D eigenvalue weighted by Gasteiger charge is -2.28. The minimum atomic E-state index is -0.654. The Kier molecular flexibility index (Phi) is 11.0. The van der Waals surface area contributed by atoms with Crippen LogP contribution < -0.4 is 0 Å². The van der Waals surface area contributed by atoms with Crippen molar-refractivity contribution in [1.29, 1.82) is 0 Å². The van der Waals surface area contributed by atoms with Gasteiger partial charge < -0.3 is 14.6 Å². The van der Waals surface area contributed by atoms with Crippen molar-refractivity contribution in [3.8, 4) is 0 Å². The summed E-state index contributed by atoms with van der Waals surface area (Å²) in [6, 6.07) is 7.51. The molecule has 2 unspecified atom stereocenters. The first-order valence-electron chi connectivity index (χ1n) is 11.6. The average molecular weight is 487 g/mol. The third-order valence-electron chi connectivity index (χ3n) is 5.43. The second kappa shape index (κ2) is 13.4. The maximum atomic E-state index is 12.5. The molecule has 1 aliphatic rings. The highest BCUT2D eigenvalue weighted by molar-refractivity contribution is 6.30. The Labute approximate surface area is 207 Å². The number of hydrogen-bond donors (Lipinski definition) is 1. The second-order valence-corrected chi connectivity index (χ2v) is 9.66. The molecule has 0 aliphatic heterocycles. The number of hydrogen-bond acceptors (Lipinski definition) is 5. The molecular formula is C28H35ClO5. The molecule has 2 atom stereocenters. The second-order valence-electron chi connectivity index (χ2n) is 9.22. The van der Waals surface area contributed by atoms with E-state index in [1.165, 1.54) is 0 Å². The van der Waals surface area contributed by atoms with Gasteiger partial charge in [0.1, 0.15) is 6.61 Å². The van der Waals surface area contributed by atoms with Crippen molar-refractivity contribution in [2.45, 2.75) is 52.7 Å². The van der Waals surface area contributed by atoms with Crippen LogP contribution in [0.2, 0.25) is 5.02 Å². The van der Waals surface area contributed by atoms with Crippen LogP contribution in [0, 0.1) is 11.3 Å². The van der Waals surface area contributed by atoms with E-state index in [-0.39, 0.29) is 30.4 Å². The number of benzene rings is 1. The summed E-state index contributed by atoms with van der Waals surface area (Å²) in [6.07, 6.45) is 13.3. The Morgan fingerprint density at radius 1 is 1.24 bits per heavy atom. The van der Waals surface area contributed by atoms with Crippen molar-refractivity contribution < 1.29 is 24.2 Å². The van der Waals surface area contributed by atoms with Crippen LogP contribution in [0.15, 0.2) is 66.3 Å². The average Bonchev–Trinajstić information content (AvgIpc) is 3.09. The molecule has 1 N–H and O–H groups in total. The lowest BCUT2D eigenvalue weighted by atomic mass is 9.80. The summed E-state index contributed by atoms with van der Waals surface area (Å²) in [5.41, 5.74) is 1.07. The molecule has 6 heteroatoms. The molecule has 2 rings (SSSR count). The highest BCUT2D eigenvalue weighted by Gasteiger charge is 2.30. The smallest absolute Gasteiger partial charge is 0.332 e. The van der Waals surface area contributed by atoms with Gasteiger partial charge in [-0.05, 0) is 50.5 Å². The van der Waals surface area contributed by atoms with Gasteiger partial charge in [-0.3, -0.25) is 4.79 Å². The number of esters is 1. The van der Waals surface area contributed by atoms with E-state index in [0.29, 0.717) is 30.0 Å². The molecule has 1 aromatic carbocycles. The number of carbonyl (C=O) groups is 2. The maximum absolute atomic E-state index is 12.5. The predicted molar refractivity (Wildman–Crippen MR) is 136 cm³/mol.